The van der Waals surface area contributed by atoms with Crippen molar-refractivity contribution in [3.05, 3.63) is 65.2 Å². The molecule has 0 bridgehead atoms. The molecule has 6 rings (SSSR count). The molecule has 9 heteroatoms. The highest BCUT2D eigenvalue weighted by atomic mass is 35.5. The number of halogens is 1. The molecular formula is C25H19ClN4O4. The summed E-state index contributed by atoms with van der Waals surface area (Å²) < 4.78 is 17.2. The first-order chi connectivity index (χ1) is 16.6. The van der Waals surface area contributed by atoms with Crippen LogP contribution in [0.4, 0.5) is 0 Å². The maximum atomic E-state index is 9.91. The van der Waals surface area contributed by atoms with Gasteiger partial charge in [-0.2, -0.15) is 10.2 Å². The Morgan fingerprint density at radius 1 is 1.03 bits per heavy atom. The Bertz CT molecular complexity index is 1410. The fraction of sp³-hybridized carbons (Fsp3) is 0.240. The van der Waals surface area contributed by atoms with Gasteiger partial charge in [-0.3, -0.25) is 0 Å². The van der Waals surface area contributed by atoms with Crippen LogP contribution in [0.5, 0.6) is 6.01 Å². The van der Waals surface area contributed by atoms with Crippen molar-refractivity contribution >= 4 is 22.8 Å². The molecule has 4 atom stereocenters. The fourth-order valence-corrected chi connectivity index (χ4v) is 4.74. The molecule has 2 saturated heterocycles. The van der Waals surface area contributed by atoms with Crippen molar-refractivity contribution in [3.63, 3.8) is 0 Å². The van der Waals surface area contributed by atoms with Gasteiger partial charge in [-0.05, 0) is 23.3 Å². The Morgan fingerprint density at radius 3 is 2.62 bits per heavy atom. The third-order valence-corrected chi connectivity index (χ3v) is 6.45. The molecule has 170 valence electrons. The molecule has 2 N–H and O–H groups in total. The number of nitrogens with zero attached hydrogens (tertiary/aromatic N) is 3. The van der Waals surface area contributed by atoms with E-state index < -0.39 is 6.10 Å². The summed E-state index contributed by atoms with van der Waals surface area (Å²) >= 11 is 6.55. The van der Waals surface area contributed by atoms with Crippen molar-refractivity contribution in [2.24, 2.45) is 0 Å². The standard InChI is InChI=1S/C25H19ClN4O4/c26-17-9-18-24(30-25(28-18)34-20-12-33-22-19(31)11-32-23(20)22)29-21(17)14-7-5-13(6-8-14)16-4-2-1-3-15(16)10-27/h1-9,19-20,22-23,31H,11-12H2,(H,28,29,30)/t19-,20-,22-,23-/m1/s1. The quantitative estimate of drug-likeness (QED) is 0.463. The number of hydrogen-bond donors (Lipinski definition) is 2. The third-order valence-electron chi connectivity index (χ3n) is 6.17. The molecule has 8 nitrogen and oxygen atoms in total. The Labute approximate surface area is 199 Å². The molecule has 0 unspecified atom stereocenters. The van der Waals surface area contributed by atoms with Gasteiger partial charge in [-0.25, -0.2) is 4.98 Å². The van der Waals surface area contributed by atoms with Gasteiger partial charge >= 0.3 is 0 Å². The largest absolute Gasteiger partial charge is 0.456 e. The van der Waals surface area contributed by atoms with Crippen molar-refractivity contribution in [3.8, 4) is 34.5 Å². The smallest absolute Gasteiger partial charge is 0.296 e. The highest BCUT2D eigenvalue weighted by Crippen LogP contribution is 2.33. The van der Waals surface area contributed by atoms with Crippen LogP contribution in [0.2, 0.25) is 5.02 Å². The lowest BCUT2D eigenvalue weighted by Gasteiger charge is -2.15. The average Bonchev–Trinajstić information content (AvgIpc) is 3.55. The zero-order valence-corrected chi connectivity index (χ0v) is 18.6. The Balaban J connectivity index is 1.27. The molecule has 0 radical (unpaired) electrons. The van der Waals surface area contributed by atoms with E-state index in [1.807, 2.05) is 42.5 Å². The normalized spacial score (nSPS) is 23.7. The molecule has 0 amide bonds. The molecule has 4 aromatic rings. The van der Waals surface area contributed by atoms with Crippen LogP contribution in [-0.2, 0) is 9.47 Å². The van der Waals surface area contributed by atoms with Crippen molar-refractivity contribution in [2.45, 2.75) is 24.4 Å². The number of hydrogen-bond acceptors (Lipinski definition) is 7. The Morgan fingerprint density at radius 2 is 1.79 bits per heavy atom. The first-order valence-electron chi connectivity index (χ1n) is 10.8. The van der Waals surface area contributed by atoms with E-state index in [2.05, 4.69) is 21.0 Å². The van der Waals surface area contributed by atoms with Crippen LogP contribution in [0, 0.1) is 11.3 Å². The van der Waals surface area contributed by atoms with Crippen LogP contribution >= 0.6 is 11.6 Å². The predicted octanol–water partition coefficient (Wildman–Crippen LogP) is 3.72. The van der Waals surface area contributed by atoms with Gasteiger partial charge in [0.25, 0.3) is 6.01 Å². The topological polar surface area (TPSA) is 113 Å². The summed E-state index contributed by atoms with van der Waals surface area (Å²) in [6, 6.07) is 19.5. The van der Waals surface area contributed by atoms with Gasteiger partial charge < -0.3 is 24.3 Å². The number of nitriles is 1. The number of nitrogens with one attached hydrogen (secondary N) is 1. The second-order valence-electron chi connectivity index (χ2n) is 8.29. The van der Waals surface area contributed by atoms with E-state index in [1.165, 1.54) is 0 Å². The van der Waals surface area contributed by atoms with Crippen LogP contribution < -0.4 is 4.74 Å². The number of benzene rings is 2. The molecule has 2 aliphatic rings. The number of pyridine rings is 1. The summed E-state index contributed by atoms with van der Waals surface area (Å²) in [4.78, 5) is 12.2. The Hall–Kier alpha value is -3.48. The van der Waals surface area contributed by atoms with Gasteiger partial charge in [0, 0.05) is 5.56 Å². The van der Waals surface area contributed by atoms with Gasteiger partial charge in [-0.15, -0.1) is 0 Å². The minimum atomic E-state index is -0.642. The van der Waals surface area contributed by atoms with Gasteiger partial charge in [-0.1, -0.05) is 54.1 Å². The fourth-order valence-electron chi connectivity index (χ4n) is 4.48. The van der Waals surface area contributed by atoms with E-state index in [0.717, 1.165) is 16.7 Å². The molecule has 0 saturated carbocycles. The van der Waals surface area contributed by atoms with E-state index in [9.17, 15) is 10.4 Å². The molecule has 2 fully saturated rings. The number of aromatic nitrogens is 3. The number of aliphatic hydroxyl groups is 1. The van der Waals surface area contributed by atoms with Crippen molar-refractivity contribution in [1.29, 1.82) is 5.26 Å². The highest BCUT2D eigenvalue weighted by molar-refractivity contribution is 6.33. The van der Waals surface area contributed by atoms with Gasteiger partial charge in [0.1, 0.15) is 18.3 Å². The van der Waals surface area contributed by atoms with Gasteiger partial charge in [0.15, 0.2) is 11.8 Å². The van der Waals surface area contributed by atoms with Crippen LogP contribution in [0.15, 0.2) is 54.6 Å². The molecule has 0 aliphatic carbocycles. The zero-order chi connectivity index (χ0) is 23.2. The molecule has 2 aromatic carbocycles. The second kappa shape index (κ2) is 8.38. The molecule has 2 aliphatic heterocycles. The summed E-state index contributed by atoms with van der Waals surface area (Å²) in [5, 5.41) is 19.8. The van der Waals surface area contributed by atoms with Gasteiger partial charge in [0.2, 0.25) is 0 Å². The van der Waals surface area contributed by atoms with Crippen molar-refractivity contribution in [2.75, 3.05) is 13.2 Å². The molecule has 34 heavy (non-hydrogen) atoms. The van der Waals surface area contributed by atoms with Crippen LogP contribution in [0.3, 0.4) is 0 Å². The molecule has 4 heterocycles. The van der Waals surface area contributed by atoms with Crippen LogP contribution in [0.1, 0.15) is 5.56 Å². The van der Waals surface area contributed by atoms with Crippen molar-refractivity contribution < 1.29 is 19.3 Å². The predicted molar refractivity (Wildman–Crippen MR) is 124 cm³/mol. The van der Waals surface area contributed by atoms with Crippen molar-refractivity contribution in [1.82, 2.24) is 15.0 Å². The maximum Gasteiger partial charge on any atom is 0.296 e. The lowest BCUT2D eigenvalue weighted by molar-refractivity contribution is 0.00706. The summed E-state index contributed by atoms with van der Waals surface area (Å²) in [5.41, 5.74) is 4.97. The summed E-state index contributed by atoms with van der Waals surface area (Å²) in [7, 11) is 0. The molecular weight excluding hydrogens is 456 g/mol. The highest BCUT2D eigenvalue weighted by Gasteiger charge is 2.48. The first-order valence-corrected chi connectivity index (χ1v) is 11.2. The summed E-state index contributed by atoms with van der Waals surface area (Å²) in [5.74, 6) is 0. The summed E-state index contributed by atoms with van der Waals surface area (Å²) in [6.07, 6.45) is -1.73. The average molecular weight is 475 g/mol. The first kappa shape index (κ1) is 21.1. The number of fused-ring (bicyclic) bond motifs is 2. The van der Waals surface area contributed by atoms with Crippen LogP contribution in [0.25, 0.3) is 33.5 Å². The number of imidazole rings is 1. The third kappa shape index (κ3) is 3.59. The minimum Gasteiger partial charge on any atom is -0.456 e. The van der Waals surface area contributed by atoms with E-state index in [4.69, 9.17) is 25.8 Å². The number of rotatable bonds is 4. The monoisotopic (exact) mass is 474 g/mol. The van der Waals surface area contributed by atoms with E-state index in [-0.39, 0.29) is 24.9 Å². The SMILES string of the molecule is N#Cc1ccccc1-c1ccc(-c2nc3nc(O[C@@H]4CO[C@H]5[C@@H]4OC[C@H]5O)[nH]c3cc2Cl)cc1. The van der Waals surface area contributed by atoms with E-state index in [1.54, 1.807) is 12.1 Å². The van der Waals surface area contributed by atoms with E-state index >= 15 is 0 Å². The van der Waals surface area contributed by atoms with Crippen LogP contribution in [-0.4, -0.2) is 57.7 Å². The van der Waals surface area contributed by atoms with Gasteiger partial charge in [0.05, 0.1) is 41.1 Å². The lowest BCUT2D eigenvalue weighted by Crippen LogP contribution is -2.34. The number of ether oxygens (including phenoxy) is 3. The summed E-state index contributed by atoms with van der Waals surface area (Å²) in [6.45, 7) is 0.543. The number of H-pyrrole nitrogens is 1. The minimum absolute atomic E-state index is 0.233. The Kier molecular flexibility index (Phi) is 5.20. The maximum absolute atomic E-state index is 9.91. The zero-order valence-electron chi connectivity index (χ0n) is 17.8. The lowest BCUT2D eigenvalue weighted by atomic mass is 9.98. The molecule has 2 aromatic heterocycles. The second-order valence-corrected chi connectivity index (χ2v) is 8.69. The van der Waals surface area contributed by atoms with E-state index in [0.29, 0.717) is 40.1 Å². The number of aliphatic hydroxyl groups excluding tert-OH is 1. The molecule has 0 spiro atoms. The number of aromatic amines is 1.